The fourth-order valence-corrected chi connectivity index (χ4v) is 4.94. The van der Waals surface area contributed by atoms with Gasteiger partial charge in [-0.15, -0.1) is 0 Å². The number of para-hydroxylation sites is 1. The standard InChI is InChI=1S/C29H29N3O3/c1-19-16-20(2)18-23(17-19)32-28(33)26(24-8-4-5-9-25(24)35-3)27(29(32)34)30-21-10-12-22(13-11-21)31-14-6-7-15-31/h4-5,8-13,16-18,30H,6-7,14-15H2,1-3H3. The number of hydrogen-bond acceptors (Lipinski definition) is 5. The number of aryl methyl sites for hydroxylation is 2. The topological polar surface area (TPSA) is 61.9 Å². The Labute approximate surface area is 205 Å². The van der Waals surface area contributed by atoms with E-state index in [2.05, 4.69) is 22.3 Å². The first-order valence-electron chi connectivity index (χ1n) is 11.9. The molecule has 2 amide bonds. The summed E-state index contributed by atoms with van der Waals surface area (Å²) in [6.45, 7) is 6.04. The minimum atomic E-state index is -0.385. The molecule has 0 aliphatic carbocycles. The summed E-state index contributed by atoms with van der Waals surface area (Å²) < 4.78 is 5.54. The molecule has 2 aliphatic heterocycles. The Morgan fingerprint density at radius 2 is 1.46 bits per heavy atom. The molecule has 6 heteroatoms. The van der Waals surface area contributed by atoms with Crippen LogP contribution in [0.4, 0.5) is 17.1 Å². The highest BCUT2D eigenvalue weighted by atomic mass is 16.5. The Hall–Kier alpha value is -4.06. The van der Waals surface area contributed by atoms with Gasteiger partial charge >= 0.3 is 0 Å². The van der Waals surface area contributed by atoms with Crippen molar-refractivity contribution in [2.24, 2.45) is 0 Å². The van der Waals surface area contributed by atoms with Crippen LogP contribution in [0.3, 0.4) is 0 Å². The SMILES string of the molecule is COc1ccccc1C1=C(Nc2ccc(N3CCCC3)cc2)C(=O)N(c2cc(C)cc(C)c2)C1=O. The third-order valence-corrected chi connectivity index (χ3v) is 6.53. The molecule has 6 nitrogen and oxygen atoms in total. The molecule has 0 spiro atoms. The minimum absolute atomic E-state index is 0.243. The highest BCUT2D eigenvalue weighted by molar-refractivity contribution is 6.46. The molecule has 178 valence electrons. The lowest BCUT2D eigenvalue weighted by Gasteiger charge is -2.18. The summed E-state index contributed by atoms with van der Waals surface area (Å²) in [7, 11) is 1.56. The minimum Gasteiger partial charge on any atom is -0.496 e. The second-order valence-electron chi connectivity index (χ2n) is 9.11. The second-order valence-corrected chi connectivity index (χ2v) is 9.11. The number of amides is 2. The Balaban J connectivity index is 1.56. The van der Waals surface area contributed by atoms with Crippen molar-refractivity contribution < 1.29 is 14.3 Å². The lowest BCUT2D eigenvalue weighted by Crippen LogP contribution is -2.32. The third-order valence-electron chi connectivity index (χ3n) is 6.53. The van der Waals surface area contributed by atoms with Gasteiger partial charge < -0.3 is 15.0 Å². The van der Waals surface area contributed by atoms with Crippen LogP contribution in [0.5, 0.6) is 5.75 Å². The maximum atomic E-state index is 13.8. The number of rotatable bonds is 6. The summed E-state index contributed by atoms with van der Waals surface area (Å²) in [5.74, 6) is -0.222. The quantitative estimate of drug-likeness (QED) is 0.498. The average molecular weight is 468 g/mol. The molecule has 0 aromatic heterocycles. The highest BCUT2D eigenvalue weighted by Crippen LogP contribution is 2.38. The molecule has 0 saturated carbocycles. The van der Waals surface area contributed by atoms with Crippen LogP contribution < -0.4 is 19.9 Å². The lowest BCUT2D eigenvalue weighted by atomic mass is 10.0. The number of carbonyl (C=O) groups is 2. The first kappa shape index (κ1) is 22.7. The summed E-state index contributed by atoms with van der Waals surface area (Å²) in [5, 5.41) is 3.26. The van der Waals surface area contributed by atoms with E-state index in [1.54, 1.807) is 13.2 Å². The van der Waals surface area contributed by atoms with Gasteiger partial charge in [-0.3, -0.25) is 9.59 Å². The van der Waals surface area contributed by atoms with Gasteiger partial charge in [0.2, 0.25) is 0 Å². The number of nitrogens with zero attached hydrogens (tertiary/aromatic N) is 2. The van der Waals surface area contributed by atoms with Gasteiger partial charge in [-0.2, -0.15) is 0 Å². The first-order chi connectivity index (χ1) is 17.0. The number of hydrogen-bond donors (Lipinski definition) is 1. The molecule has 5 rings (SSSR count). The smallest absolute Gasteiger partial charge is 0.282 e. The van der Waals surface area contributed by atoms with E-state index in [0.717, 1.165) is 35.6 Å². The van der Waals surface area contributed by atoms with Crippen LogP contribution in [0.25, 0.3) is 5.57 Å². The number of imide groups is 1. The molecule has 1 saturated heterocycles. The van der Waals surface area contributed by atoms with Gasteiger partial charge in [-0.1, -0.05) is 24.3 Å². The largest absolute Gasteiger partial charge is 0.496 e. The van der Waals surface area contributed by atoms with Gasteiger partial charge in [0.05, 0.1) is 18.4 Å². The van der Waals surface area contributed by atoms with Gasteiger partial charge in [0.15, 0.2) is 0 Å². The van der Waals surface area contributed by atoms with Crippen molar-refractivity contribution in [3.05, 3.63) is 89.1 Å². The molecule has 3 aromatic carbocycles. The van der Waals surface area contributed by atoms with Crippen LogP contribution >= 0.6 is 0 Å². The summed E-state index contributed by atoms with van der Waals surface area (Å²) >= 11 is 0. The van der Waals surface area contributed by atoms with Gasteiger partial charge in [0.25, 0.3) is 11.8 Å². The zero-order chi connectivity index (χ0) is 24.5. The molecule has 1 N–H and O–H groups in total. The number of benzene rings is 3. The fraction of sp³-hybridized carbons (Fsp3) is 0.241. The van der Waals surface area contributed by atoms with Crippen molar-refractivity contribution >= 4 is 34.4 Å². The normalized spacial score (nSPS) is 15.9. The van der Waals surface area contributed by atoms with E-state index in [1.165, 1.54) is 17.7 Å². The van der Waals surface area contributed by atoms with E-state index in [4.69, 9.17) is 4.74 Å². The summed E-state index contributed by atoms with van der Waals surface area (Å²) in [6.07, 6.45) is 2.42. The molecule has 0 unspecified atom stereocenters. The van der Waals surface area contributed by atoms with E-state index in [9.17, 15) is 9.59 Å². The zero-order valence-electron chi connectivity index (χ0n) is 20.3. The van der Waals surface area contributed by atoms with Gasteiger partial charge in [-0.25, -0.2) is 4.90 Å². The van der Waals surface area contributed by atoms with Crippen LogP contribution in [0, 0.1) is 13.8 Å². The van der Waals surface area contributed by atoms with Crippen molar-refractivity contribution in [2.45, 2.75) is 26.7 Å². The molecule has 3 aromatic rings. The van der Waals surface area contributed by atoms with Crippen molar-refractivity contribution in [3.8, 4) is 5.75 Å². The maximum absolute atomic E-state index is 13.8. The summed E-state index contributed by atoms with van der Waals surface area (Å²) in [5.41, 5.74) is 5.57. The van der Waals surface area contributed by atoms with Crippen molar-refractivity contribution in [2.75, 3.05) is 35.3 Å². The number of ether oxygens (including phenoxy) is 1. The number of anilines is 3. The summed E-state index contributed by atoms with van der Waals surface area (Å²) in [6, 6.07) is 21.0. The number of methoxy groups -OCH3 is 1. The molecular formula is C29H29N3O3. The molecular weight excluding hydrogens is 438 g/mol. The Bertz CT molecular complexity index is 1300. The Kier molecular flexibility index (Phi) is 6.03. The van der Waals surface area contributed by atoms with Crippen LogP contribution in [-0.2, 0) is 9.59 Å². The molecule has 0 atom stereocenters. The fourth-order valence-electron chi connectivity index (χ4n) is 4.94. The zero-order valence-corrected chi connectivity index (χ0v) is 20.3. The van der Waals surface area contributed by atoms with Gasteiger partial charge in [0.1, 0.15) is 11.4 Å². The van der Waals surface area contributed by atoms with Gasteiger partial charge in [0, 0.05) is 30.0 Å². The lowest BCUT2D eigenvalue weighted by molar-refractivity contribution is -0.120. The number of nitrogens with one attached hydrogen (secondary N) is 1. The number of carbonyl (C=O) groups excluding carboxylic acids is 2. The van der Waals surface area contributed by atoms with E-state index >= 15 is 0 Å². The van der Waals surface area contributed by atoms with Crippen molar-refractivity contribution in [1.29, 1.82) is 0 Å². The second kappa shape index (κ2) is 9.29. The predicted molar refractivity (Wildman–Crippen MR) is 140 cm³/mol. The molecule has 0 bridgehead atoms. The van der Waals surface area contributed by atoms with Crippen molar-refractivity contribution in [3.63, 3.8) is 0 Å². The average Bonchev–Trinajstić information content (AvgIpc) is 3.46. The van der Waals surface area contributed by atoms with E-state index < -0.39 is 0 Å². The van der Waals surface area contributed by atoms with Crippen LogP contribution in [0.1, 0.15) is 29.5 Å². The third kappa shape index (κ3) is 4.28. The Morgan fingerprint density at radius 1 is 0.800 bits per heavy atom. The Morgan fingerprint density at radius 3 is 2.11 bits per heavy atom. The first-order valence-corrected chi connectivity index (χ1v) is 11.9. The van der Waals surface area contributed by atoms with Crippen molar-refractivity contribution in [1.82, 2.24) is 0 Å². The van der Waals surface area contributed by atoms with Gasteiger partial charge in [-0.05, 0) is 80.3 Å². The highest BCUT2D eigenvalue weighted by Gasteiger charge is 2.41. The van der Waals surface area contributed by atoms with Crippen LogP contribution in [-0.4, -0.2) is 32.0 Å². The molecule has 2 aliphatic rings. The van der Waals surface area contributed by atoms with E-state index in [1.807, 2.05) is 62.4 Å². The monoisotopic (exact) mass is 467 g/mol. The molecule has 0 radical (unpaired) electrons. The van der Waals surface area contributed by atoms with Crippen LogP contribution in [0.2, 0.25) is 0 Å². The van der Waals surface area contributed by atoms with E-state index in [0.29, 0.717) is 22.6 Å². The molecule has 1 fully saturated rings. The maximum Gasteiger partial charge on any atom is 0.282 e. The molecule has 35 heavy (non-hydrogen) atoms. The van der Waals surface area contributed by atoms with E-state index in [-0.39, 0.29) is 17.5 Å². The predicted octanol–water partition coefficient (Wildman–Crippen LogP) is 5.31. The van der Waals surface area contributed by atoms with Crippen LogP contribution in [0.15, 0.2) is 72.4 Å². The molecule has 2 heterocycles. The summed E-state index contributed by atoms with van der Waals surface area (Å²) in [4.78, 5) is 31.1.